The van der Waals surface area contributed by atoms with Gasteiger partial charge in [-0.05, 0) is 104 Å². The second-order valence-electron chi connectivity index (χ2n) is 17.1. The number of aromatic hydroxyl groups is 1. The SMILES string of the molecule is CC(C)(C)c1cc(-c2ccnc(-c3cccc(-c4cc(C(C)(C)C)cc5c4nc(-c4ccccc4O)n5-c4ccccc4)c3)c2)cc(C(C)(C)C)c1. The highest BCUT2D eigenvalue weighted by Gasteiger charge is 2.25. The van der Waals surface area contributed by atoms with Crippen LogP contribution in [0.4, 0.5) is 0 Å². The van der Waals surface area contributed by atoms with Crippen LogP contribution in [0.2, 0.25) is 0 Å². The van der Waals surface area contributed by atoms with E-state index in [1.807, 2.05) is 42.6 Å². The van der Waals surface area contributed by atoms with Gasteiger partial charge >= 0.3 is 0 Å². The fourth-order valence-electron chi connectivity index (χ4n) is 6.79. The van der Waals surface area contributed by atoms with E-state index in [0.717, 1.165) is 44.7 Å². The Labute approximate surface area is 308 Å². The predicted octanol–water partition coefficient (Wildman–Crippen LogP) is 12.7. The van der Waals surface area contributed by atoms with Gasteiger partial charge in [0.05, 0.1) is 22.3 Å². The van der Waals surface area contributed by atoms with Gasteiger partial charge in [-0.25, -0.2) is 4.98 Å². The van der Waals surface area contributed by atoms with Crippen molar-refractivity contribution in [2.24, 2.45) is 0 Å². The molecule has 1 N–H and O–H groups in total. The number of para-hydroxylation sites is 2. The molecule has 0 radical (unpaired) electrons. The maximum Gasteiger partial charge on any atom is 0.149 e. The van der Waals surface area contributed by atoms with Gasteiger partial charge in [-0.2, -0.15) is 0 Å². The summed E-state index contributed by atoms with van der Waals surface area (Å²) in [5.74, 6) is 0.896. The number of phenols is 1. The molecule has 0 aliphatic carbocycles. The number of hydrogen-bond donors (Lipinski definition) is 1. The van der Waals surface area contributed by atoms with Crippen LogP contribution in [0.15, 0.2) is 128 Å². The van der Waals surface area contributed by atoms with Crippen LogP contribution in [0, 0.1) is 0 Å². The first-order valence-corrected chi connectivity index (χ1v) is 18.2. The molecule has 0 saturated carbocycles. The number of hydrogen-bond acceptors (Lipinski definition) is 3. The van der Waals surface area contributed by atoms with Crippen LogP contribution < -0.4 is 0 Å². The van der Waals surface area contributed by atoms with E-state index in [2.05, 4.69) is 146 Å². The number of rotatable bonds is 5. The average molecular weight is 684 g/mol. The Bertz CT molecular complexity index is 2380. The molecule has 0 atom stereocenters. The highest BCUT2D eigenvalue weighted by Crippen LogP contribution is 2.41. The molecule has 4 heteroatoms. The van der Waals surface area contributed by atoms with Crippen molar-refractivity contribution in [1.29, 1.82) is 0 Å². The Kier molecular flexibility index (Phi) is 8.69. The van der Waals surface area contributed by atoms with Crippen molar-refractivity contribution >= 4 is 11.0 Å². The lowest BCUT2D eigenvalue weighted by Gasteiger charge is -2.26. The number of aromatic nitrogens is 3. The van der Waals surface area contributed by atoms with E-state index >= 15 is 0 Å². The van der Waals surface area contributed by atoms with Crippen molar-refractivity contribution in [3.63, 3.8) is 0 Å². The smallest absolute Gasteiger partial charge is 0.149 e. The van der Waals surface area contributed by atoms with Gasteiger partial charge in [0.2, 0.25) is 0 Å². The molecule has 262 valence electrons. The Morgan fingerprint density at radius 3 is 1.77 bits per heavy atom. The Hall–Kier alpha value is -5.48. The number of nitrogens with zero attached hydrogens (tertiary/aromatic N) is 3. The summed E-state index contributed by atoms with van der Waals surface area (Å²) in [4.78, 5) is 10.2. The molecule has 4 nitrogen and oxygen atoms in total. The van der Waals surface area contributed by atoms with Crippen molar-refractivity contribution in [1.82, 2.24) is 14.5 Å². The lowest BCUT2D eigenvalue weighted by molar-refractivity contribution is 0.477. The Balaban J connectivity index is 1.42. The number of pyridine rings is 1. The third kappa shape index (κ3) is 6.78. The molecular formula is C48H49N3O. The van der Waals surface area contributed by atoms with Crippen molar-refractivity contribution in [3.8, 4) is 56.3 Å². The molecule has 2 heterocycles. The first kappa shape index (κ1) is 34.9. The summed E-state index contributed by atoms with van der Waals surface area (Å²) in [6.45, 7) is 20.4. The quantitative estimate of drug-likeness (QED) is 0.196. The van der Waals surface area contributed by atoms with Gasteiger partial charge in [0, 0.05) is 23.0 Å². The van der Waals surface area contributed by atoms with Gasteiger partial charge < -0.3 is 5.11 Å². The van der Waals surface area contributed by atoms with Crippen LogP contribution in [-0.4, -0.2) is 19.6 Å². The summed E-state index contributed by atoms with van der Waals surface area (Å²) in [5.41, 5.74) is 13.8. The maximum absolute atomic E-state index is 11.0. The van der Waals surface area contributed by atoms with E-state index in [-0.39, 0.29) is 22.0 Å². The average Bonchev–Trinajstić information content (AvgIpc) is 3.50. The predicted molar refractivity (Wildman–Crippen MR) is 218 cm³/mol. The molecule has 7 aromatic rings. The largest absolute Gasteiger partial charge is 0.507 e. The molecule has 0 unspecified atom stereocenters. The maximum atomic E-state index is 11.0. The van der Waals surface area contributed by atoms with Crippen LogP contribution >= 0.6 is 0 Å². The van der Waals surface area contributed by atoms with Gasteiger partial charge in [-0.1, -0.05) is 129 Å². The number of imidazole rings is 1. The minimum atomic E-state index is -0.120. The van der Waals surface area contributed by atoms with E-state index in [4.69, 9.17) is 9.97 Å². The van der Waals surface area contributed by atoms with E-state index < -0.39 is 0 Å². The zero-order valence-corrected chi connectivity index (χ0v) is 31.9. The number of fused-ring (bicyclic) bond motifs is 1. The van der Waals surface area contributed by atoms with Crippen molar-refractivity contribution in [2.75, 3.05) is 0 Å². The van der Waals surface area contributed by atoms with Crippen LogP contribution in [0.3, 0.4) is 0 Å². The fraction of sp³-hybridized carbons (Fsp3) is 0.250. The van der Waals surface area contributed by atoms with Gasteiger partial charge in [0.15, 0.2) is 0 Å². The molecular weight excluding hydrogens is 635 g/mol. The monoisotopic (exact) mass is 683 g/mol. The summed E-state index contributed by atoms with van der Waals surface area (Å²) < 4.78 is 2.18. The zero-order chi connectivity index (χ0) is 37.0. The first-order chi connectivity index (χ1) is 24.6. The van der Waals surface area contributed by atoms with Crippen molar-refractivity contribution in [3.05, 3.63) is 144 Å². The molecule has 52 heavy (non-hydrogen) atoms. The molecule has 0 spiro atoms. The topological polar surface area (TPSA) is 50.9 Å². The van der Waals surface area contributed by atoms with Crippen LogP contribution in [0.5, 0.6) is 5.75 Å². The standard InChI is InChI=1S/C48H49N3O/c1-46(2,3)35-25-34(26-36(28-35)47(4,5)6)31-22-23-49-41(27-31)33-17-15-16-32(24-33)40-29-37(48(7,8)9)30-42-44(40)50-45(39-20-13-14-21-43(39)52)51(42)38-18-11-10-12-19-38/h10-30,52H,1-9H3. The van der Waals surface area contributed by atoms with Gasteiger partial charge in [0.25, 0.3) is 0 Å². The second kappa shape index (κ2) is 12.9. The van der Waals surface area contributed by atoms with Crippen LogP contribution in [0.25, 0.3) is 61.6 Å². The van der Waals surface area contributed by atoms with E-state index in [0.29, 0.717) is 11.4 Å². The van der Waals surface area contributed by atoms with Gasteiger partial charge in [-0.15, -0.1) is 0 Å². The zero-order valence-electron chi connectivity index (χ0n) is 31.9. The van der Waals surface area contributed by atoms with Crippen molar-refractivity contribution < 1.29 is 5.11 Å². The van der Waals surface area contributed by atoms with E-state index in [1.165, 1.54) is 22.3 Å². The third-order valence-electron chi connectivity index (χ3n) is 10.0. The Morgan fingerprint density at radius 1 is 0.500 bits per heavy atom. The van der Waals surface area contributed by atoms with E-state index in [9.17, 15) is 5.11 Å². The first-order valence-electron chi connectivity index (χ1n) is 18.2. The van der Waals surface area contributed by atoms with Crippen LogP contribution in [-0.2, 0) is 16.2 Å². The lowest BCUT2D eigenvalue weighted by Crippen LogP contribution is -2.16. The molecule has 7 rings (SSSR count). The summed E-state index contributed by atoms with van der Waals surface area (Å²) in [5, 5.41) is 11.0. The minimum Gasteiger partial charge on any atom is -0.507 e. The highest BCUT2D eigenvalue weighted by molar-refractivity contribution is 5.97. The summed E-state index contributed by atoms with van der Waals surface area (Å²) >= 11 is 0. The highest BCUT2D eigenvalue weighted by atomic mass is 16.3. The van der Waals surface area contributed by atoms with Gasteiger partial charge in [0.1, 0.15) is 11.6 Å². The molecule has 0 aliphatic heterocycles. The molecule has 0 aliphatic rings. The fourth-order valence-corrected chi connectivity index (χ4v) is 6.79. The van der Waals surface area contributed by atoms with Crippen LogP contribution in [0.1, 0.15) is 79.0 Å². The summed E-state index contributed by atoms with van der Waals surface area (Å²) in [6.07, 6.45) is 1.93. The van der Waals surface area contributed by atoms with E-state index in [1.54, 1.807) is 6.07 Å². The number of benzene rings is 5. The van der Waals surface area contributed by atoms with Crippen molar-refractivity contribution in [2.45, 2.75) is 78.6 Å². The minimum absolute atomic E-state index is 0.0275. The third-order valence-corrected chi connectivity index (χ3v) is 10.0. The molecule has 5 aromatic carbocycles. The molecule has 0 fully saturated rings. The molecule has 0 saturated heterocycles. The second-order valence-corrected chi connectivity index (χ2v) is 17.1. The molecule has 0 amide bonds. The molecule has 2 aromatic heterocycles. The lowest BCUT2D eigenvalue weighted by atomic mass is 9.79. The number of phenolic OH excluding ortho intramolecular Hbond substituents is 1. The molecule has 0 bridgehead atoms. The summed E-state index contributed by atoms with van der Waals surface area (Å²) in [6, 6.07) is 42.3. The normalized spacial score (nSPS) is 12.4. The Morgan fingerprint density at radius 2 is 1.12 bits per heavy atom. The summed E-state index contributed by atoms with van der Waals surface area (Å²) in [7, 11) is 0. The van der Waals surface area contributed by atoms with Gasteiger partial charge in [-0.3, -0.25) is 9.55 Å².